The molecular formula is C10H14N2O3. The largest absolute Gasteiger partial charge is 0.477 e. The van der Waals surface area contributed by atoms with Crippen molar-refractivity contribution in [3.63, 3.8) is 0 Å². The number of nitrogens with zero attached hydrogens (tertiary/aromatic N) is 1. The Morgan fingerprint density at radius 1 is 1.47 bits per heavy atom. The molecule has 0 aromatic carbocycles. The highest BCUT2D eigenvalue weighted by atomic mass is 16.4. The maximum absolute atomic E-state index is 11.0. The summed E-state index contributed by atoms with van der Waals surface area (Å²) >= 11 is 0. The first-order chi connectivity index (χ1) is 6.93. The van der Waals surface area contributed by atoms with Gasteiger partial charge < -0.3 is 15.4 Å². The van der Waals surface area contributed by atoms with Gasteiger partial charge in [-0.2, -0.15) is 0 Å². The summed E-state index contributed by atoms with van der Waals surface area (Å²) in [5.41, 5.74) is 6.78. The molecule has 0 fully saturated rings. The van der Waals surface area contributed by atoms with E-state index in [2.05, 4.69) is 0 Å². The van der Waals surface area contributed by atoms with Crippen molar-refractivity contribution in [2.24, 2.45) is 5.73 Å². The topological polar surface area (TPSA) is 85.3 Å². The van der Waals surface area contributed by atoms with Gasteiger partial charge in [0.05, 0.1) is 0 Å². The van der Waals surface area contributed by atoms with Crippen molar-refractivity contribution >= 4 is 11.9 Å². The van der Waals surface area contributed by atoms with Crippen molar-refractivity contribution in [1.29, 1.82) is 0 Å². The summed E-state index contributed by atoms with van der Waals surface area (Å²) < 4.78 is 1.60. The maximum Gasteiger partial charge on any atom is 0.352 e. The van der Waals surface area contributed by atoms with Crippen LogP contribution in [0.5, 0.6) is 0 Å². The molecule has 1 aromatic heterocycles. The number of hydrogen-bond acceptors (Lipinski definition) is 2. The lowest BCUT2D eigenvalue weighted by atomic mass is 10.2. The van der Waals surface area contributed by atoms with Crippen LogP contribution in [0.4, 0.5) is 0 Å². The number of rotatable bonds is 4. The van der Waals surface area contributed by atoms with E-state index in [4.69, 9.17) is 10.8 Å². The average molecular weight is 210 g/mol. The zero-order valence-electron chi connectivity index (χ0n) is 8.78. The van der Waals surface area contributed by atoms with E-state index in [1.807, 2.05) is 0 Å². The van der Waals surface area contributed by atoms with Crippen LogP contribution >= 0.6 is 0 Å². The molecule has 82 valence electrons. The minimum atomic E-state index is -0.981. The Balaban J connectivity index is 3.04. The van der Waals surface area contributed by atoms with Crippen LogP contribution in [-0.4, -0.2) is 21.6 Å². The summed E-state index contributed by atoms with van der Waals surface area (Å²) in [6.45, 7) is 3.86. The molecule has 3 N–H and O–H groups in total. The normalized spacial score (nSPS) is 10.3. The minimum Gasteiger partial charge on any atom is -0.477 e. The molecule has 1 aromatic rings. The number of carboxylic acids is 1. The second kappa shape index (κ2) is 4.16. The first kappa shape index (κ1) is 11.3. The highest BCUT2D eigenvalue weighted by Gasteiger charge is 2.16. The third-order valence-electron chi connectivity index (χ3n) is 2.28. The average Bonchev–Trinajstić information content (AvgIpc) is 2.37. The lowest BCUT2D eigenvalue weighted by Crippen LogP contribution is -2.17. The molecule has 5 heteroatoms. The Morgan fingerprint density at radius 2 is 2.07 bits per heavy atom. The molecular weight excluding hydrogens is 196 g/mol. The number of aromatic nitrogens is 1. The predicted octanol–water partition coefficient (Wildman–Crippen LogP) is 0.679. The number of nitrogens with two attached hydrogens (primary N) is 1. The molecule has 0 spiro atoms. The van der Waals surface area contributed by atoms with Crippen molar-refractivity contribution in [3.8, 4) is 0 Å². The van der Waals surface area contributed by atoms with Gasteiger partial charge in [-0.05, 0) is 25.5 Å². The van der Waals surface area contributed by atoms with Gasteiger partial charge >= 0.3 is 5.97 Å². The highest BCUT2D eigenvalue weighted by molar-refractivity contribution is 5.88. The van der Waals surface area contributed by atoms with Gasteiger partial charge in [-0.25, -0.2) is 4.79 Å². The molecule has 5 nitrogen and oxygen atoms in total. The highest BCUT2D eigenvalue weighted by Crippen LogP contribution is 2.15. The van der Waals surface area contributed by atoms with E-state index in [1.165, 1.54) is 0 Å². The molecule has 0 aliphatic carbocycles. The fourth-order valence-corrected chi connectivity index (χ4v) is 1.64. The van der Waals surface area contributed by atoms with Crippen molar-refractivity contribution in [2.75, 3.05) is 0 Å². The zero-order valence-corrected chi connectivity index (χ0v) is 8.78. The van der Waals surface area contributed by atoms with Crippen LogP contribution in [0.25, 0.3) is 0 Å². The van der Waals surface area contributed by atoms with E-state index in [0.29, 0.717) is 12.1 Å². The van der Waals surface area contributed by atoms with Crippen LogP contribution in [0.15, 0.2) is 6.07 Å². The number of carbonyl (C=O) groups is 2. The second-order valence-electron chi connectivity index (χ2n) is 3.49. The number of aromatic carboxylic acids is 1. The molecule has 0 bridgehead atoms. The van der Waals surface area contributed by atoms with E-state index in [9.17, 15) is 9.59 Å². The zero-order chi connectivity index (χ0) is 11.6. The van der Waals surface area contributed by atoms with Crippen molar-refractivity contribution in [1.82, 2.24) is 4.57 Å². The number of amides is 1. The number of primary amides is 1. The van der Waals surface area contributed by atoms with E-state index < -0.39 is 11.9 Å². The predicted molar refractivity (Wildman–Crippen MR) is 54.7 cm³/mol. The maximum atomic E-state index is 11.0. The molecule has 1 amide bonds. The van der Waals surface area contributed by atoms with Gasteiger partial charge in [0.1, 0.15) is 5.69 Å². The van der Waals surface area contributed by atoms with E-state index in [0.717, 1.165) is 5.69 Å². The standard InChI is InChI=1S/C10H14N2O3/c1-6-5-7(2)12(4-3-8(11)13)9(6)10(14)15/h5H,3-4H2,1-2H3,(H2,11,13)(H,14,15). The third-order valence-corrected chi connectivity index (χ3v) is 2.28. The van der Waals surface area contributed by atoms with Crippen LogP contribution < -0.4 is 5.73 Å². The van der Waals surface area contributed by atoms with Crippen LogP contribution in [0.1, 0.15) is 28.2 Å². The summed E-state index contributed by atoms with van der Waals surface area (Å²) in [7, 11) is 0. The van der Waals surface area contributed by atoms with Crippen LogP contribution in [0.3, 0.4) is 0 Å². The Labute approximate surface area is 87.5 Å². The van der Waals surface area contributed by atoms with Gasteiger partial charge in [0.25, 0.3) is 0 Å². The summed E-state index contributed by atoms with van der Waals surface area (Å²) in [6, 6.07) is 1.78. The SMILES string of the molecule is Cc1cc(C)n(CCC(N)=O)c1C(=O)O. The van der Waals surface area contributed by atoms with Crippen molar-refractivity contribution < 1.29 is 14.7 Å². The fourth-order valence-electron chi connectivity index (χ4n) is 1.64. The lowest BCUT2D eigenvalue weighted by Gasteiger charge is -2.07. The molecule has 0 aliphatic rings. The first-order valence-corrected chi connectivity index (χ1v) is 4.61. The van der Waals surface area contributed by atoms with Gasteiger partial charge in [-0.3, -0.25) is 4.79 Å². The van der Waals surface area contributed by atoms with Crippen molar-refractivity contribution in [2.45, 2.75) is 26.8 Å². The fraction of sp³-hybridized carbons (Fsp3) is 0.400. The summed E-state index contributed by atoms with van der Waals surface area (Å²) in [5.74, 6) is -1.41. The molecule has 1 rings (SSSR count). The number of hydrogen-bond donors (Lipinski definition) is 2. The molecule has 0 radical (unpaired) electrons. The molecule has 0 atom stereocenters. The second-order valence-corrected chi connectivity index (χ2v) is 3.49. The quantitative estimate of drug-likeness (QED) is 0.766. The summed E-state index contributed by atoms with van der Waals surface area (Å²) in [6.07, 6.45) is 0.148. The lowest BCUT2D eigenvalue weighted by molar-refractivity contribution is -0.118. The molecule has 0 aliphatic heterocycles. The van der Waals surface area contributed by atoms with Gasteiger partial charge in [-0.1, -0.05) is 0 Å². The molecule has 1 heterocycles. The van der Waals surface area contributed by atoms with Gasteiger partial charge in [0.2, 0.25) is 5.91 Å². The van der Waals surface area contributed by atoms with E-state index >= 15 is 0 Å². The number of carbonyl (C=O) groups excluding carboxylic acids is 1. The molecule has 0 saturated heterocycles. The van der Waals surface area contributed by atoms with E-state index in [1.54, 1.807) is 24.5 Å². The van der Waals surface area contributed by atoms with Gasteiger partial charge in [0.15, 0.2) is 0 Å². The van der Waals surface area contributed by atoms with Crippen molar-refractivity contribution in [3.05, 3.63) is 23.0 Å². The van der Waals surface area contributed by atoms with Crippen LogP contribution in [0.2, 0.25) is 0 Å². The molecule has 0 saturated carbocycles. The van der Waals surface area contributed by atoms with Crippen LogP contribution in [-0.2, 0) is 11.3 Å². The number of carboxylic acid groups (broad SMARTS) is 1. The van der Waals surface area contributed by atoms with Gasteiger partial charge in [-0.15, -0.1) is 0 Å². The Kier molecular flexibility index (Phi) is 3.14. The Bertz CT molecular complexity index is 407. The Morgan fingerprint density at radius 3 is 2.53 bits per heavy atom. The molecule has 0 unspecified atom stereocenters. The van der Waals surface area contributed by atoms with Crippen LogP contribution in [0, 0.1) is 13.8 Å². The van der Waals surface area contributed by atoms with E-state index in [-0.39, 0.29) is 12.1 Å². The molecule has 15 heavy (non-hydrogen) atoms. The van der Waals surface area contributed by atoms with Gasteiger partial charge in [0, 0.05) is 18.7 Å². The first-order valence-electron chi connectivity index (χ1n) is 4.61. The summed E-state index contributed by atoms with van der Waals surface area (Å²) in [5, 5.41) is 8.99. The summed E-state index contributed by atoms with van der Waals surface area (Å²) in [4.78, 5) is 21.6. The number of aryl methyl sites for hydroxylation is 2. The third kappa shape index (κ3) is 2.37. The monoisotopic (exact) mass is 210 g/mol. The smallest absolute Gasteiger partial charge is 0.352 e. The Hall–Kier alpha value is -1.78. The minimum absolute atomic E-state index is 0.148.